The molecule has 1 aromatic carbocycles. The Kier molecular flexibility index (Phi) is 3.21. The van der Waals surface area contributed by atoms with Crippen molar-refractivity contribution < 1.29 is 4.79 Å². The van der Waals surface area contributed by atoms with Gasteiger partial charge in [-0.15, -0.1) is 0 Å². The van der Waals surface area contributed by atoms with Gasteiger partial charge in [0.25, 0.3) is 5.91 Å². The lowest BCUT2D eigenvalue weighted by atomic mass is 10.1. The number of nitrogens with one attached hydrogen (secondary N) is 2. The highest BCUT2D eigenvalue weighted by atomic mass is 16.1. The van der Waals surface area contributed by atoms with Gasteiger partial charge in [-0.05, 0) is 36.2 Å². The summed E-state index contributed by atoms with van der Waals surface area (Å²) >= 11 is 0. The highest BCUT2D eigenvalue weighted by Gasteiger charge is 2.12. The van der Waals surface area contributed by atoms with E-state index in [9.17, 15) is 4.79 Å². The van der Waals surface area contributed by atoms with Gasteiger partial charge in [-0.25, -0.2) is 4.98 Å². The van der Waals surface area contributed by atoms with Crippen LogP contribution >= 0.6 is 0 Å². The molecule has 3 aromatic rings. The number of aryl methyl sites for hydroxylation is 1. The van der Waals surface area contributed by atoms with E-state index >= 15 is 0 Å². The number of aromatic nitrogens is 2. The molecule has 0 bridgehead atoms. The molecule has 1 amide bonds. The van der Waals surface area contributed by atoms with Crippen molar-refractivity contribution in [2.24, 2.45) is 0 Å². The van der Waals surface area contributed by atoms with Gasteiger partial charge in [0.2, 0.25) is 0 Å². The zero-order chi connectivity index (χ0) is 13.9. The molecule has 100 valence electrons. The van der Waals surface area contributed by atoms with Crippen LogP contribution in [-0.4, -0.2) is 15.9 Å². The van der Waals surface area contributed by atoms with Gasteiger partial charge in [-0.1, -0.05) is 19.1 Å². The number of carbonyl (C=O) groups excluding carboxylic acids is 1. The average Bonchev–Trinajstić information content (AvgIpc) is 2.92. The van der Waals surface area contributed by atoms with Crippen molar-refractivity contribution in [3.8, 4) is 0 Å². The summed E-state index contributed by atoms with van der Waals surface area (Å²) in [6, 6.07) is 11.6. The SMILES string of the molecule is CCc1ccc(NC(=O)c2c[nH]c3ncccc23)cc1. The van der Waals surface area contributed by atoms with Gasteiger partial charge < -0.3 is 10.3 Å². The van der Waals surface area contributed by atoms with E-state index in [1.165, 1.54) is 5.56 Å². The number of fused-ring (bicyclic) bond motifs is 1. The maximum Gasteiger partial charge on any atom is 0.257 e. The molecule has 0 spiro atoms. The van der Waals surface area contributed by atoms with Gasteiger partial charge in [-0.3, -0.25) is 4.79 Å². The smallest absolute Gasteiger partial charge is 0.257 e. The normalized spacial score (nSPS) is 10.7. The summed E-state index contributed by atoms with van der Waals surface area (Å²) in [6.07, 6.45) is 4.37. The van der Waals surface area contributed by atoms with Crippen LogP contribution in [0.2, 0.25) is 0 Å². The van der Waals surface area contributed by atoms with Crippen LogP contribution in [0.3, 0.4) is 0 Å². The van der Waals surface area contributed by atoms with E-state index in [0.717, 1.165) is 23.1 Å². The molecule has 0 aliphatic carbocycles. The summed E-state index contributed by atoms with van der Waals surface area (Å²) in [5.74, 6) is -0.131. The number of H-pyrrole nitrogens is 1. The van der Waals surface area contributed by atoms with Crippen LogP contribution in [0, 0.1) is 0 Å². The largest absolute Gasteiger partial charge is 0.345 e. The molecule has 0 unspecified atom stereocenters. The Morgan fingerprint density at radius 1 is 1.25 bits per heavy atom. The number of hydrogen-bond acceptors (Lipinski definition) is 2. The number of pyridine rings is 1. The van der Waals surface area contributed by atoms with Crippen LogP contribution in [-0.2, 0) is 6.42 Å². The minimum absolute atomic E-state index is 0.131. The molecule has 0 aliphatic rings. The molecule has 2 heterocycles. The number of benzene rings is 1. The predicted octanol–water partition coefficient (Wildman–Crippen LogP) is 3.38. The second-order valence-electron chi connectivity index (χ2n) is 4.61. The number of amides is 1. The second-order valence-corrected chi connectivity index (χ2v) is 4.61. The van der Waals surface area contributed by atoms with Gasteiger partial charge in [0.15, 0.2) is 0 Å². The Balaban J connectivity index is 1.85. The third-order valence-electron chi connectivity index (χ3n) is 3.32. The monoisotopic (exact) mass is 265 g/mol. The van der Waals surface area contributed by atoms with E-state index in [-0.39, 0.29) is 5.91 Å². The summed E-state index contributed by atoms with van der Waals surface area (Å²) in [5.41, 5.74) is 3.37. The summed E-state index contributed by atoms with van der Waals surface area (Å²) in [5, 5.41) is 3.73. The molecule has 4 heteroatoms. The molecule has 0 radical (unpaired) electrons. The molecule has 2 N–H and O–H groups in total. The minimum Gasteiger partial charge on any atom is -0.345 e. The van der Waals surface area contributed by atoms with Crippen molar-refractivity contribution in [1.82, 2.24) is 9.97 Å². The van der Waals surface area contributed by atoms with Crippen LogP contribution < -0.4 is 5.32 Å². The number of rotatable bonds is 3. The van der Waals surface area contributed by atoms with Crippen LogP contribution in [0.25, 0.3) is 11.0 Å². The van der Waals surface area contributed by atoms with Crippen LogP contribution in [0.5, 0.6) is 0 Å². The number of aromatic amines is 1. The van der Waals surface area contributed by atoms with Crippen LogP contribution in [0.15, 0.2) is 48.8 Å². The fraction of sp³-hybridized carbons (Fsp3) is 0.125. The third-order valence-corrected chi connectivity index (χ3v) is 3.32. The summed E-state index contributed by atoms with van der Waals surface area (Å²) in [6.45, 7) is 2.10. The maximum absolute atomic E-state index is 12.3. The first-order valence-electron chi connectivity index (χ1n) is 6.60. The zero-order valence-electron chi connectivity index (χ0n) is 11.2. The summed E-state index contributed by atoms with van der Waals surface area (Å²) in [7, 11) is 0. The van der Waals surface area contributed by atoms with Crippen molar-refractivity contribution in [1.29, 1.82) is 0 Å². The van der Waals surface area contributed by atoms with Crippen LogP contribution in [0.4, 0.5) is 5.69 Å². The first kappa shape index (κ1) is 12.4. The quantitative estimate of drug-likeness (QED) is 0.762. The Morgan fingerprint density at radius 3 is 2.80 bits per heavy atom. The van der Waals surface area contributed by atoms with E-state index in [1.54, 1.807) is 12.4 Å². The van der Waals surface area contributed by atoms with E-state index in [2.05, 4.69) is 22.2 Å². The number of carbonyl (C=O) groups is 1. The molecule has 3 rings (SSSR count). The lowest BCUT2D eigenvalue weighted by molar-refractivity contribution is 0.102. The first-order chi connectivity index (χ1) is 9.78. The molecule has 4 nitrogen and oxygen atoms in total. The van der Waals surface area contributed by atoms with Gasteiger partial charge >= 0.3 is 0 Å². The minimum atomic E-state index is -0.131. The van der Waals surface area contributed by atoms with E-state index < -0.39 is 0 Å². The number of hydrogen-bond donors (Lipinski definition) is 2. The molecule has 0 atom stereocenters. The topological polar surface area (TPSA) is 57.8 Å². The van der Waals surface area contributed by atoms with Gasteiger partial charge in [0, 0.05) is 23.5 Å². The summed E-state index contributed by atoms with van der Waals surface area (Å²) in [4.78, 5) is 19.5. The Labute approximate surface area is 116 Å². The van der Waals surface area contributed by atoms with E-state index in [0.29, 0.717) is 5.56 Å². The van der Waals surface area contributed by atoms with Gasteiger partial charge in [-0.2, -0.15) is 0 Å². The molecular formula is C16H15N3O. The maximum atomic E-state index is 12.3. The van der Waals surface area contributed by atoms with Crippen molar-refractivity contribution in [3.63, 3.8) is 0 Å². The van der Waals surface area contributed by atoms with Crippen molar-refractivity contribution in [2.75, 3.05) is 5.32 Å². The van der Waals surface area contributed by atoms with Crippen molar-refractivity contribution in [3.05, 3.63) is 59.9 Å². The molecular weight excluding hydrogens is 250 g/mol. The lowest BCUT2D eigenvalue weighted by Crippen LogP contribution is -2.11. The predicted molar refractivity (Wildman–Crippen MR) is 79.9 cm³/mol. The molecule has 0 saturated heterocycles. The van der Waals surface area contributed by atoms with Gasteiger partial charge in [0.05, 0.1) is 5.56 Å². The number of nitrogens with zero attached hydrogens (tertiary/aromatic N) is 1. The van der Waals surface area contributed by atoms with Gasteiger partial charge in [0.1, 0.15) is 5.65 Å². The fourth-order valence-corrected chi connectivity index (χ4v) is 2.17. The zero-order valence-corrected chi connectivity index (χ0v) is 11.2. The molecule has 2 aromatic heterocycles. The highest BCUT2D eigenvalue weighted by Crippen LogP contribution is 2.18. The first-order valence-corrected chi connectivity index (χ1v) is 6.60. The Morgan fingerprint density at radius 2 is 2.05 bits per heavy atom. The van der Waals surface area contributed by atoms with Crippen LogP contribution in [0.1, 0.15) is 22.8 Å². The second kappa shape index (κ2) is 5.17. The molecule has 0 aliphatic heterocycles. The highest BCUT2D eigenvalue weighted by molar-refractivity contribution is 6.12. The average molecular weight is 265 g/mol. The van der Waals surface area contributed by atoms with E-state index in [1.807, 2.05) is 36.4 Å². The summed E-state index contributed by atoms with van der Waals surface area (Å²) < 4.78 is 0. The third kappa shape index (κ3) is 2.28. The Hall–Kier alpha value is -2.62. The van der Waals surface area contributed by atoms with Crippen molar-refractivity contribution >= 4 is 22.6 Å². The Bertz CT molecular complexity index is 744. The molecule has 0 fully saturated rings. The standard InChI is InChI=1S/C16H15N3O/c1-2-11-5-7-12(8-6-11)19-16(20)14-10-18-15-13(14)4-3-9-17-15/h3-10H,2H2,1H3,(H,17,18)(H,19,20). The number of anilines is 1. The lowest BCUT2D eigenvalue weighted by Gasteiger charge is -2.05. The molecule has 20 heavy (non-hydrogen) atoms. The fourth-order valence-electron chi connectivity index (χ4n) is 2.17. The van der Waals surface area contributed by atoms with Crippen molar-refractivity contribution in [2.45, 2.75) is 13.3 Å². The molecule has 0 saturated carbocycles. The van der Waals surface area contributed by atoms with E-state index in [4.69, 9.17) is 0 Å².